The molecule has 10 N–H and O–H groups in total. The van der Waals surface area contributed by atoms with E-state index < -0.39 is 0 Å². The molecule has 2 aliphatic carbocycles. The third kappa shape index (κ3) is 8.65. The van der Waals surface area contributed by atoms with Crippen molar-refractivity contribution < 1.29 is 27.4 Å². The van der Waals surface area contributed by atoms with Gasteiger partial charge >= 0.3 is 16.5 Å². The molecule has 1 saturated heterocycles. The second-order valence-electron chi connectivity index (χ2n) is 8.62. The van der Waals surface area contributed by atoms with Crippen molar-refractivity contribution in [2.24, 2.45) is 0 Å². The first-order valence-corrected chi connectivity index (χ1v) is 10.7. The molecule has 0 bridgehead atoms. The van der Waals surface area contributed by atoms with E-state index in [1.54, 1.807) is 0 Å². The quantitative estimate of drug-likeness (QED) is 0.333. The Morgan fingerprint density at radius 3 is 1.22 bits per heavy atom. The molecule has 2 saturated carbocycles. The van der Waals surface area contributed by atoms with Crippen molar-refractivity contribution in [1.29, 1.82) is 0 Å². The fourth-order valence-electron chi connectivity index (χ4n) is 5.02. The van der Waals surface area contributed by atoms with Gasteiger partial charge in [-0.1, -0.05) is 25.7 Å². The van der Waals surface area contributed by atoms with E-state index in [0.29, 0.717) is 36.3 Å². The van der Waals surface area contributed by atoms with Crippen molar-refractivity contribution in [2.75, 3.05) is 13.1 Å². The van der Waals surface area contributed by atoms with Crippen LogP contribution in [0.25, 0.3) is 0 Å². The predicted molar refractivity (Wildman–Crippen MR) is 112 cm³/mol. The van der Waals surface area contributed by atoms with Crippen LogP contribution >= 0.6 is 0 Å². The zero-order valence-corrected chi connectivity index (χ0v) is 18.4. The fraction of sp³-hybridized carbons (Fsp3) is 1.00. The molecule has 0 aromatic carbocycles. The summed E-state index contributed by atoms with van der Waals surface area (Å²) in [6, 6.07) is 3.91. The largest absolute Gasteiger partial charge is 2.00 e. The smallest absolute Gasteiger partial charge is 0.457 e. The molecule has 3 rings (SSSR count). The summed E-state index contributed by atoms with van der Waals surface area (Å²) >= 11 is 0. The van der Waals surface area contributed by atoms with Crippen molar-refractivity contribution in [3.8, 4) is 0 Å². The van der Waals surface area contributed by atoms with E-state index in [4.69, 9.17) is 0 Å². The van der Waals surface area contributed by atoms with E-state index in [-0.39, 0.29) is 27.4 Å². The molecule has 1 aliphatic heterocycles. The van der Waals surface area contributed by atoms with Crippen LogP contribution in [0.15, 0.2) is 0 Å². The average Bonchev–Trinajstić information content (AvgIpc) is 2.57. The van der Waals surface area contributed by atoms with Gasteiger partial charge in [-0.25, -0.2) is 0 Å². The standard InChI is InChI=1S/C20H40N4.Ni.2H2O/c1-15-11-13-21-18-8-4-6-10-20(18)24-16(2)12-14-22-17-7-3-5-9-19(17)23-15;;;/h15-24H,3-14H2,1-2H3;;2*1H2/q;+2;;/p+2. The Bertz CT molecular complexity index is 344. The molecule has 6 atom stereocenters. The van der Waals surface area contributed by atoms with Gasteiger partial charge in [-0.2, -0.15) is 0 Å². The topological polar surface area (TPSA) is 114 Å². The van der Waals surface area contributed by atoms with E-state index in [2.05, 4.69) is 35.1 Å². The second-order valence-corrected chi connectivity index (χ2v) is 8.62. The summed E-state index contributed by atoms with van der Waals surface area (Å²) in [5, 5.41) is 15.6. The molecule has 0 spiro atoms. The monoisotopic (exact) mass is 432 g/mol. The summed E-state index contributed by atoms with van der Waals surface area (Å²) in [6.07, 6.45) is 13.4. The van der Waals surface area contributed by atoms with Crippen molar-refractivity contribution in [2.45, 2.75) is 114 Å². The van der Waals surface area contributed by atoms with Crippen molar-refractivity contribution in [1.82, 2.24) is 21.3 Å². The van der Waals surface area contributed by atoms with Crippen LogP contribution in [-0.4, -0.2) is 49.3 Å². The number of hydrogen-bond donors (Lipinski definition) is 4. The third-order valence-electron chi connectivity index (χ3n) is 6.50. The van der Waals surface area contributed by atoms with Crippen molar-refractivity contribution in [3.63, 3.8) is 0 Å². The molecule has 6 unspecified atom stereocenters. The summed E-state index contributed by atoms with van der Waals surface area (Å²) in [5.74, 6) is 0. The molecular weight excluding hydrogens is 387 g/mol. The molecule has 0 aromatic heterocycles. The van der Waals surface area contributed by atoms with Gasteiger partial charge in [-0.3, -0.25) is 0 Å². The molecule has 3 fully saturated rings. The Morgan fingerprint density at radius 1 is 0.519 bits per heavy atom. The van der Waals surface area contributed by atoms with Gasteiger partial charge in [0.05, 0.1) is 0 Å². The maximum atomic E-state index is 3.94. The number of hydrogen-bond acceptors (Lipinski definition) is 4. The first-order chi connectivity index (χ1) is 11.7. The van der Waals surface area contributed by atoms with Gasteiger partial charge in [0.15, 0.2) is 0 Å². The third-order valence-corrected chi connectivity index (χ3v) is 6.50. The molecule has 0 aromatic rings. The van der Waals surface area contributed by atoms with Gasteiger partial charge in [-0.05, 0) is 65.5 Å². The minimum Gasteiger partial charge on any atom is -0.457 e. The molecule has 7 heteroatoms. The predicted octanol–water partition coefficient (Wildman–Crippen LogP) is 0.692. The molecule has 3 aliphatic rings. The van der Waals surface area contributed by atoms with E-state index in [1.165, 1.54) is 64.2 Å². The Kier molecular flexibility index (Phi) is 14.4. The van der Waals surface area contributed by atoms with Gasteiger partial charge in [0, 0.05) is 36.3 Å². The number of nitrogens with one attached hydrogen (secondary N) is 4. The maximum Gasteiger partial charge on any atom is 2.00 e. The van der Waals surface area contributed by atoms with Gasteiger partial charge in [0.1, 0.15) is 0 Å². The van der Waals surface area contributed by atoms with Crippen LogP contribution < -0.4 is 21.3 Å². The molecule has 6 nitrogen and oxygen atoms in total. The summed E-state index contributed by atoms with van der Waals surface area (Å²) in [7, 11) is 0. The van der Waals surface area contributed by atoms with E-state index >= 15 is 0 Å². The summed E-state index contributed by atoms with van der Waals surface area (Å²) in [5.41, 5.74) is 0. The van der Waals surface area contributed by atoms with Crippen LogP contribution in [0.5, 0.6) is 0 Å². The summed E-state index contributed by atoms with van der Waals surface area (Å²) < 4.78 is 0. The van der Waals surface area contributed by atoms with E-state index in [0.717, 1.165) is 13.1 Å². The summed E-state index contributed by atoms with van der Waals surface area (Å²) in [6.45, 7) is 7.04. The van der Waals surface area contributed by atoms with Gasteiger partial charge < -0.3 is 32.2 Å². The minimum absolute atomic E-state index is 0. The van der Waals surface area contributed by atoms with Crippen LogP contribution in [-0.2, 0) is 27.4 Å². The van der Waals surface area contributed by atoms with Crippen molar-refractivity contribution >= 4 is 0 Å². The maximum absolute atomic E-state index is 3.94. The second kappa shape index (κ2) is 14.3. The zero-order chi connectivity index (χ0) is 16.8. The SMILES string of the molecule is CC1CCNC2CCCCC2NC(C)CCNC2CCCCC2N1.[Ni+2].[OH3+].[OH3+]. The van der Waals surface area contributed by atoms with Gasteiger partial charge in [-0.15, -0.1) is 0 Å². The van der Waals surface area contributed by atoms with Crippen LogP contribution in [0.1, 0.15) is 78.1 Å². The first kappa shape index (κ1) is 27.3. The molecular formula is C20H46N4NiO2+4. The molecule has 164 valence electrons. The molecule has 0 radical (unpaired) electrons. The number of rotatable bonds is 0. The normalized spacial score (nSPS) is 38.4. The molecule has 1 heterocycles. The first-order valence-electron chi connectivity index (χ1n) is 10.7. The Morgan fingerprint density at radius 2 is 0.852 bits per heavy atom. The van der Waals surface area contributed by atoms with Gasteiger partial charge in [0.25, 0.3) is 0 Å². The average molecular weight is 433 g/mol. The Hall–Kier alpha value is 0.254. The van der Waals surface area contributed by atoms with Crippen LogP contribution in [0.3, 0.4) is 0 Å². The zero-order valence-electron chi connectivity index (χ0n) is 17.4. The van der Waals surface area contributed by atoms with E-state index in [1.807, 2.05) is 0 Å². The summed E-state index contributed by atoms with van der Waals surface area (Å²) in [4.78, 5) is 0. The van der Waals surface area contributed by atoms with E-state index in [9.17, 15) is 0 Å². The Labute approximate surface area is 176 Å². The number of fused-ring (bicyclic) bond motifs is 2. The van der Waals surface area contributed by atoms with Crippen molar-refractivity contribution in [3.05, 3.63) is 0 Å². The Balaban J connectivity index is 0.00000225. The molecule has 27 heavy (non-hydrogen) atoms. The van der Waals surface area contributed by atoms with Crippen LogP contribution in [0, 0.1) is 0 Å². The fourth-order valence-corrected chi connectivity index (χ4v) is 5.02. The van der Waals surface area contributed by atoms with Crippen LogP contribution in [0.4, 0.5) is 0 Å². The minimum atomic E-state index is 0. The molecule has 0 amide bonds. The van der Waals surface area contributed by atoms with Crippen LogP contribution in [0.2, 0.25) is 0 Å². The van der Waals surface area contributed by atoms with Gasteiger partial charge in [0.2, 0.25) is 0 Å².